The summed E-state index contributed by atoms with van der Waals surface area (Å²) in [7, 11) is 0. The molecular weight excluding hydrogens is 286 g/mol. The van der Waals surface area contributed by atoms with Gasteiger partial charge in [-0.05, 0) is 49.1 Å². The number of fused-ring (bicyclic) bond motifs is 2. The zero-order chi connectivity index (χ0) is 16.0. The van der Waals surface area contributed by atoms with Gasteiger partial charge >= 0.3 is 0 Å². The molecule has 0 aliphatic carbocycles. The number of pyridine rings is 1. The first kappa shape index (κ1) is 14.0. The SMILES string of the molecule is Cc1ccc2c(c1)N(C(=O)Cc1cn3cccc(C)c3n1)CC2. The molecule has 23 heavy (non-hydrogen) atoms. The van der Waals surface area contributed by atoms with Crippen molar-refractivity contribution in [2.75, 3.05) is 11.4 Å². The summed E-state index contributed by atoms with van der Waals surface area (Å²) < 4.78 is 1.99. The van der Waals surface area contributed by atoms with E-state index in [0.29, 0.717) is 6.42 Å². The summed E-state index contributed by atoms with van der Waals surface area (Å²) in [5.41, 5.74) is 6.38. The molecule has 0 saturated carbocycles. The predicted molar refractivity (Wildman–Crippen MR) is 90.9 cm³/mol. The van der Waals surface area contributed by atoms with Crippen LogP contribution in [0.15, 0.2) is 42.7 Å². The van der Waals surface area contributed by atoms with Gasteiger partial charge in [-0.3, -0.25) is 4.79 Å². The minimum atomic E-state index is 0.121. The van der Waals surface area contributed by atoms with Crippen LogP contribution in [0, 0.1) is 13.8 Å². The molecule has 4 heteroatoms. The molecule has 0 atom stereocenters. The predicted octanol–water partition coefficient (Wildman–Crippen LogP) is 3.08. The number of carbonyl (C=O) groups is 1. The molecule has 3 aromatic rings. The van der Waals surface area contributed by atoms with E-state index in [1.165, 1.54) is 11.1 Å². The Morgan fingerprint density at radius 1 is 1.26 bits per heavy atom. The van der Waals surface area contributed by atoms with Gasteiger partial charge in [-0.2, -0.15) is 0 Å². The standard InChI is InChI=1S/C19H19N3O/c1-13-5-6-15-7-9-22(17(15)10-13)18(23)11-16-12-21-8-3-4-14(2)19(21)20-16/h3-6,8,10,12H,7,9,11H2,1-2H3. The number of nitrogens with zero attached hydrogens (tertiary/aromatic N) is 3. The van der Waals surface area contributed by atoms with Crippen molar-refractivity contribution >= 4 is 17.2 Å². The van der Waals surface area contributed by atoms with Crippen LogP contribution >= 0.6 is 0 Å². The molecule has 0 saturated heterocycles. The van der Waals surface area contributed by atoms with E-state index in [4.69, 9.17) is 0 Å². The Labute approximate surface area is 135 Å². The average molecular weight is 305 g/mol. The second-order valence-electron chi connectivity index (χ2n) is 6.26. The largest absolute Gasteiger partial charge is 0.311 e. The first-order valence-electron chi connectivity index (χ1n) is 7.95. The third-order valence-electron chi connectivity index (χ3n) is 4.50. The van der Waals surface area contributed by atoms with Crippen molar-refractivity contribution in [2.45, 2.75) is 26.7 Å². The lowest BCUT2D eigenvalue weighted by atomic mass is 10.1. The van der Waals surface area contributed by atoms with Gasteiger partial charge in [-0.25, -0.2) is 4.98 Å². The fourth-order valence-electron chi connectivity index (χ4n) is 3.29. The second kappa shape index (κ2) is 5.23. The Bertz CT molecular complexity index is 910. The van der Waals surface area contributed by atoms with Crippen LogP contribution in [0.4, 0.5) is 5.69 Å². The molecule has 0 spiro atoms. The molecule has 116 valence electrons. The van der Waals surface area contributed by atoms with E-state index in [1.807, 2.05) is 40.8 Å². The molecule has 2 aromatic heterocycles. The maximum Gasteiger partial charge on any atom is 0.233 e. The quantitative estimate of drug-likeness (QED) is 0.729. The zero-order valence-electron chi connectivity index (χ0n) is 13.4. The highest BCUT2D eigenvalue weighted by molar-refractivity contribution is 5.96. The third kappa shape index (κ3) is 2.40. The average Bonchev–Trinajstić information content (AvgIpc) is 3.11. The van der Waals surface area contributed by atoms with Crippen LogP contribution in [0.3, 0.4) is 0 Å². The van der Waals surface area contributed by atoms with Gasteiger partial charge < -0.3 is 9.30 Å². The van der Waals surface area contributed by atoms with Gasteiger partial charge in [0.1, 0.15) is 5.65 Å². The number of aryl methyl sites for hydroxylation is 2. The molecule has 3 heterocycles. The molecular formula is C19H19N3O. The number of anilines is 1. The fourth-order valence-corrected chi connectivity index (χ4v) is 3.29. The van der Waals surface area contributed by atoms with Gasteiger partial charge in [0, 0.05) is 24.6 Å². The molecule has 0 unspecified atom stereocenters. The first-order chi connectivity index (χ1) is 11.1. The van der Waals surface area contributed by atoms with Crippen molar-refractivity contribution in [3.8, 4) is 0 Å². The number of hydrogen-bond donors (Lipinski definition) is 0. The topological polar surface area (TPSA) is 37.6 Å². The molecule has 4 nitrogen and oxygen atoms in total. The lowest BCUT2D eigenvalue weighted by Gasteiger charge is -2.17. The van der Waals surface area contributed by atoms with Gasteiger partial charge in [-0.1, -0.05) is 18.2 Å². The van der Waals surface area contributed by atoms with Crippen molar-refractivity contribution in [1.29, 1.82) is 0 Å². The normalized spacial score (nSPS) is 13.6. The van der Waals surface area contributed by atoms with E-state index in [1.54, 1.807) is 0 Å². The molecule has 1 amide bonds. The minimum Gasteiger partial charge on any atom is -0.311 e. The first-order valence-corrected chi connectivity index (χ1v) is 7.95. The number of aromatic nitrogens is 2. The minimum absolute atomic E-state index is 0.121. The van der Waals surface area contributed by atoms with Gasteiger partial charge in [0.15, 0.2) is 0 Å². The van der Waals surface area contributed by atoms with Crippen molar-refractivity contribution in [2.24, 2.45) is 0 Å². The van der Waals surface area contributed by atoms with Crippen LogP contribution in [0.25, 0.3) is 5.65 Å². The van der Waals surface area contributed by atoms with E-state index < -0.39 is 0 Å². The maximum atomic E-state index is 12.7. The summed E-state index contributed by atoms with van der Waals surface area (Å²) in [6.07, 6.45) is 5.20. The summed E-state index contributed by atoms with van der Waals surface area (Å²) >= 11 is 0. The lowest BCUT2D eigenvalue weighted by Crippen LogP contribution is -2.30. The summed E-state index contributed by atoms with van der Waals surface area (Å²) in [4.78, 5) is 19.2. The van der Waals surface area contributed by atoms with Crippen molar-refractivity contribution in [1.82, 2.24) is 9.38 Å². The van der Waals surface area contributed by atoms with Crippen LogP contribution in [0.1, 0.15) is 22.4 Å². The second-order valence-corrected chi connectivity index (χ2v) is 6.26. The number of amides is 1. The molecule has 1 aliphatic rings. The fraction of sp³-hybridized carbons (Fsp3) is 0.263. The Morgan fingerprint density at radius 2 is 2.13 bits per heavy atom. The van der Waals surface area contributed by atoms with Crippen molar-refractivity contribution in [3.63, 3.8) is 0 Å². The zero-order valence-corrected chi connectivity index (χ0v) is 13.4. The molecule has 4 rings (SSSR count). The van der Waals surface area contributed by atoms with E-state index in [2.05, 4.69) is 30.1 Å². The third-order valence-corrected chi connectivity index (χ3v) is 4.50. The Hall–Kier alpha value is -2.62. The Kier molecular flexibility index (Phi) is 3.18. The van der Waals surface area contributed by atoms with Crippen LogP contribution < -0.4 is 4.90 Å². The smallest absolute Gasteiger partial charge is 0.233 e. The van der Waals surface area contributed by atoms with E-state index in [0.717, 1.165) is 35.6 Å². The molecule has 1 aliphatic heterocycles. The molecule has 0 bridgehead atoms. The van der Waals surface area contributed by atoms with Crippen molar-refractivity contribution in [3.05, 3.63) is 65.1 Å². The van der Waals surface area contributed by atoms with Crippen LogP contribution in [0.5, 0.6) is 0 Å². The van der Waals surface area contributed by atoms with E-state index in [9.17, 15) is 4.79 Å². The highest BCUT2D eigenvalue weighted by atomic mass is 16.2. The van der Waals surface area contributed by atoms with Crippen molar-refractivity contribution < 1.29 is 4.79 Å². The van der Waals surface area contributed by atoms with Gasteiger partial charge in [-0.15, -0.1) is 0 Å². The monoisotopic (exact) mass is 305 g/mol. The highest BCUT2D eigenvalue weighted by Crippen LogP contribution is 2.29. The van der Waals surface area contributed by atoms with E-state index >= 15 is 0 Å². The number of imidazole rings is 1. The van der Waals surface area contributed by atoms with Gasteiger partial charge in [0.25, 0.3) is 0 Å². The number of benzene rings is 1. The molecule has 0 fully saturated rings. The molecule has 1 aromatic carbocycles. The highest BCUT2D eigenvalue weighted by Gasteiger charge is 2.25. The summed E-state index contributed by atoms with van der Waals surface area (Å²) in [5.74, 6) is 0.121. The maximum absolute atomic E-state index is 12.7. The summed E-state index contributed by atoms with van der Waals surface area (Å²) in [5, 5.41) is 0. The van der Waals surface area contributed by atoms with Gasteiger partial charge in [0.2, 0.25) is 5.91 Å². The molecule has 0 radical (unpaired) electrons. The van der Waals surface area contributed by atoms with Crippen LogP contribution in [-0.4, -0.2) is 21.8 Å². The molecule has 0 N–H and O–H groups in total. The Balaban J connectivity index is 1.61. The number of hydrogen-bond acceptors (Lipinski definition) is 2. The Morgan fingerprint density at radius 3 is 2.96 bits per heavy atom. The van der Waals surface area contributed by atoms with Crippen LogP contribution in [-0.2, 0) is 17.6 Å². The van der Waals surface area contributed by atoms with Gasteiger partial charge in [0.05, 0.1) is 12.1 Å². The summed E-state index contributed by atoms with van der Waals surface area (Å²) in [6.45, 7) is 4.86. The van der Waals surface area contributed by atoms with E-state index in [-0.39, 0.29) is 5.91 Å². The van der Waals surface area contributed by atoms with Crippen LogP contribution in [0.2, 0.25) is 0 Å². The summed E-state index contributed by atoms with van der Waals surface area (Å²) in [6, 6.07) is 10.4. The number of carbonyl (C=O) groups excluding carboxylic acids is 1. The number of rotatable bonds is 2. The lowest BCUT2D eigenvalue weighted by molar-refractivity contribution is -0.117.